The molecule has 0 atom stereocenters. The third-order valence-corrected chi connectivity index (χ3v) is 5.24. The van der Waals surface area contributed by atoms with Gasteiger partial charge in [0.25, 0.3) is 0 Å². The number of aromatic amines is 1. The van der Waals surface area contributed by atoms with Gasteiger partial charge in [-0.2, -0.15) is 0 Å². The van der Waals surface area contributed by atoms with Crippen LogP contribution in [0.5, 0.6) is 0 Å². The highest BCUT2D eigenvalue weighted by molar-refractivity contribution is 6.31. The third-order valence-electron chi connectivity index (χ3n) is 4.71. The van der Waals surface area contributed by atoms with Crippen molar-refractivity contribution in [2.75, 3.05) is 0 Å². The minimum absolute atomic E-state index is 0.0115. The van der Waals surface area contributed by atoms with E-state index >= 15 is 0 Å². The topological polar surface area (TPSA) is 50.7 Å². The minimum atomic E-state index is -0.604. The Kier molecular flexibility index (Phi) is 3.39. The molecule has 0 radical (unpaired) electrons. The number of nitrogens with one attached hydrogen (secondary N) is 1. The fourth-order valence-corrected chi connectivity index (χ4v) is 3.61. The van der Waals surface area contributed by atoms with Gasteiger partial charge in [-0.15, -0.1) is 0 Å². The number of hydrogen-bond donors (Lipinski definition) is 1. The van der Waals surface area contributed by atoms with Crippen LogP contribution in [0.15, 0.2) is 41.3 Å². The monoisotopic (exact) mass is 387 g/mol. The lowest BCUT2D eigenvalue weighted by molar-refractivity contribution is 0.629. The van der Waals surface area contributed by atoms with Crippen molar-refractivity contribution in [3.8, 4) is 11.4 Å². The molecule has 1 fully saturated rings. The van der Waals surface area contributed by atoms with Crippen LogP contribution in [0.1, 0.15) is 18.9 Å². The van der Waals surface area contributed by atoms with Gasteiger partial charge in [-0.1, -0.05) is 23.2 Å². The van der Waals surface area contributed by atoms with E-state index in [4.69, 9.17) is 23.2 Å². The van der Waals surface area contributed by atoms with Crippen molar-refractivity contribution in [2.24, 2.45) is 0 Å². The van der Waals surface area contributed by atoms with E-state index in [0.29, 0.717) is 32.8 Å². The summed E-state index contributed by atoms with van der Waals surface area (Å²) >= 11 is 12.0. The number of nitrogens with zero attached hydrogens (tertiary/aromatic N) is 2. The SMILES string of the molecule is O=c1c(-c2nc3ccc(Cl)cc3[nH]2)cn(C2CC2)c2cc(Cl)c(F)cc12. The zero-order chi connectivity index (χ0) is 18.0. The Bertz CT molecular complexity index is 1260. The molecule has 2 heterocycles. The van der Waals surface area contributed by atoms with E-state index in [1.165, 1.54) is 12.1 Å². The number of fused-ring (bicyclic) bond motifs is 2. The van der Waals surface area contributed by atoms with Gasteiger partial charge in [0.2, 0.25) is 0 Å². The first-order valence-corrected chi connectivity index (χ1v) is 8.96. The molecule has 2 aromatic carbocycles. The van der Waals surface area contributed by atoms with Crippen molar-refractivity contribution >= 4 is 45.1 Å². The second-order valence-electron chi connectivity index (χ2n) is 6.54. The summed E-state index contributed by atoms with van der Waals surface area (Å²) in [5.41, 5.74) is 2.22. The highest BCUT2D eigenvalue weighted by atomic mass is 35.5. The van der Waals surface area contributed by atoms with Crippen molar-refractivity contribution in [3.05, 3.63) is 62.6 Å². The zero-order valence-electron chi connectivity index (χ0n) is 13.4. The fourth-order valence-electron chi connectivity index (χ4n) is 3.28. The maximum atomic E-state index is 14.0. The lowest BCUT2D eigenvalue weighted by Gasteiger charge is -2.12. The predicted molar refractivity (Wildman–Crippen MR) is 102 cm³/mol. The number of H-pyrrole nitrogens is 1. The van der Waals surface area contributed by atoms with Crippen molar-refractivity contribution in [1.29, 1.82) is 0 Å². The maximum Gasteiger partial charge on any atom is 0.200 e. The van der Waals surface area contributed by atoms with Crippen molar-refractivity contribution < 1.29 is 4.39 Å². The fraction of sp³-hybridized carbons (Fsp3) is 0.158. The van der Waals surface area contributed by atoms with E-state index in [9.17, 15) is 9.18 Å². The molecule has 1 aliphatic carbocycles. The summed E-state index contributed by atoms with van der Waals surface area (Å²) in [6.07, 6.45) is 3.82. The summed E-state index contributed by atoms with van der Waals surface area (Å²) in [5, 5.41) is 0.894. The van der Waals surface area contributed by atoms with Crippen molar-refractivity contribution in [1.82, 2.24) is 14.5 Å². The van der Waals surface area contributed by atoms with Gasteiger partial charge >= 0.3 is 0 Å². The van der Waals surface area contributed by atoms with Crippen LogP contribution in [-0.4, -0.2) is 14.5 Å². The zero-order valence-corrected chi connectivity index (χ0v) is 14.9. The number of rotatable bonds is 2. The molecular formula is C19H12Cl2FN3O. The Morgan fingerprint density at radius 2 is 2.00 bits per heavy atom. The lowest BCUT2D eigenvalue weighted by Crippen LogP contribution is -2.12. The first kappa shape index (κ1) is 15.9. The van der Waals surface area contributed by atoms with E-state index in [1.807, 2.05) is 4.57 Å². The van der Waals surface area contributed by atoms with Crippen LogP contribution < -0.4 is 5.43 Å². The molecule has 0 saturated heterocycles. The molecule has 7 heteroatoms. The molecule has 0 unspecified atom stereocenters. The van der Waals surface area contributed by atoms with E-state index in [0.717, 1.165) is 18.4 Å². The predicted octanol–water partition coefficient (Wildman–Crippen LogP) is 5.33. The van der Waals surface area contributed by atoms with Gasteiger partial charge in [0.05, 0.1) is 27.1 Å². The van der Waals surface area contributed by atoms with Gasteiger partial charge in [0, 0.05) is 22.6 Å². The number of hydrogen-bond acceptors (Lipinski definition) is 2. The van der Waals surface area contributed by atoms with Crippen LogP contribution in [-0.2, 0) is 0 Å². The van der Waals surface area contributed by atoms with Gasteiger partial charge in [-0.3, -0.25) is 4.79 Å². The maximum absolute atomic E-state index is 14.0. The summed E-state index contributed by atoms with van der Waals surface area (Å²) in [5.74, 6) is -0.161. The van der Waals surface area contributed by atoms with Gasteiger partial charge < -0.3 is 9.55 Å². The third kappa shape index (κ3) is 2.42. The molecule has 0 amide bonds. The summed E-state index contributed by atoms with van der Waals surface area (Å²) in [4.78, 5) is 20.7. The summed E-state index contributed by atoms with van der Waals surface area (Å²) in [6.45, 7) is 0. The Morgan fingerprint density at radius 1 is 1.19 bits per heavy atom. The summed E-state index contributed by atoms with van der Waals surface area (Å²) in [7, 11) is 0. The second kappa shape index (κ2) is 5.56. The van der Waals surface area contributed by atoms with Gasteiger partial charge in [0.15, 0.2) is 5.43 Å². The molecule has 26 heavy (non-hydrogen) atoms. The lowest BCUT2D eigenvalue weighted by atomic mass is 10.1. The van der Waals surface area contributed by atoms with Gasteiger partial charge in [-0.25, -0.2) is 9.37 Å². The minimum Gasteiger partial charge on any atom is -0.343 e. The molecule has 0 bridgehead atoms. The Morgan fingerprint density at radius 3 is 2.77 bits per heavy atom. The largest absolute Gasteiger partial charge is 0.343 e. The van der Waals surface area contributed by atoms with Crippen molar-refractivity contribution in [3.63, 3.8) is 0 Å². The van der Waals surface area contributed by atoms with E-state index in [-0.39, 0.29) is 16.5 Å². The van der Waals surface area contributed by atoms with E-state index in [1.54, 1.807) is 24.4 Å². The summed E-state index contributed by atoms with van der Waals surface area (Å²) < 4.78 is 16.0. The van der Waals surface area contributed by atoms with Crippen LogP contribution in [0.25, 0.3) is 33.3 Å². The Labute approximate surface area is 157 Å². The molecule has 5 rings (SSSR count). The molecular weight excluding hydrogens is 376 g/mol. The summed E-state index contributed by atoms with van der Waals surface area (Å²) in [6, 6.07) is 8.31. The standard InChI is InChI=1S/C19H12Cl2FN3O/c20-9-1-4-15-16(5-9)24-19(23-15)12-8-25(10-2-3-10)17-7-13(21)14(22)6-11(17)18(12)26/h1,4-8,10H,2-3H2,(H,23,24). The molecule has 0 spiro atoms. The number of aromatic nitrogens is 3. The van der Waals surface area contributed by atoms with E-state index < -0.39 is 5.82 Å². The first-order valence-electron chi connectivity index (χ1n) is 8.21. The Balaban J connectivity index is 1.83. The number of imidazole rings is 1. The molecule has 4 aromatic rings. The van der Waals surface area contributed by atoms with Gasteiger partial charge in [-0.05, 0) is 43.2 Å². The van der Waals surface area contributed by atoms with Crippen LogP contribution >= 0.6 is 23.2 Å². The van der Waals surface area contributed by atoms with Gasteiger partial charge in [0.1, 0.15) is 11.6 Å². The van der Waals surface area contributed by atoms with E-state index in [2.05, 4.69) is 9.97 Å². The normalized spacial score (nSPS) is 14.4. The number of halogens is 3. The number of pyridine rings is 1. The molecule has 4 nitrogen and oxygen atoms in total. The quantitative estimate of drug-likeness (QED) is 0.505. The smallest absolute Gasteiger partial charge is 0.200 e. The highest BCUT2D eigenvalue weighted by Crippen LogP contribution is 2.38. The second-order valence-corrected chi connectivity index (χ2v) is 7.38. The first-order chi connectivity index (χ1) is 12.5. The van der Waals surface area contributed by atoms with Crippen molar-refractivity contribution in [2.45, 2.75) is 18.9 Å². The number of benzene rings is 2. The van der Waals surface area contributed by atoms with Crippen LogP contribution in [0.4, 0.5) is 4.39 Å². The molecule has 130 valence electrons. The molecule has 1 N–H and O–H groups in total. The molecule has 0 aliphatic heterocycles. The van der Waals surface area contributed by atoms with Crippen LogP contribution in [0.2, 0.25) is 10.0 Å². The molecule has 1 aliphatic rings. The van der Waals surface area contributed by atoms with Crippen LogP contribution in [0, 0.1) is 5.82 Å². The average molecular weight is 388 g/mol. The van der Waals surface area contributed by atoms with Crippen LogP contribution in [0.3, 0.4) is 0 Å². The molecule has 2 aromatic heterocycles. The highest BCUT2D eigenvalue weighted by Gasteiger charge is 2.27. The Hall–Kier alpha value is -2.37. The average Bonchev–Trinajstić information content (AvgIpc) is 3.36. The molecule has 1 saturated carbocycles.